The van der Waals surface area contributed by atoms with Gasteiger partial charge in [0.2, 0.25) is 0 Å². The monoisotopic (exact) mass is 409 g/mol. The van der Waals surface area contributed by atoms with Gasteiger partial charge in [0.15, 0.2) is 11.6 Å². The van der Waals surface area contributed by atoms with Gasteiger partial charge in [-0.2, -0.15) is 0 Å². The molecule has 2 aliphatic rings. The van der Waals surface area contributed by atoms with E-state index in [1.54, 1.807) is 19.1 Å². The zero-order chi connectivity index (χ0) is 21.5. The number of rotatable bonds is 5. The van der Waals surface area contributed by atoms with Gasteiger partial charge in [-0.15, -0.1) is 0 Å². The number of nitrogen functional groups attached to an aromatic ring is 1. The summed E-state index contributed by atoms with van der Waals surface area (Å²) in [6, 6.07) is 7.63. The van der Waals surface area contributed by atoms with Crippen molar-refractivity contribution in [1.29, 1.82) is 0 Å². The van der Waals surface area contributed by atoms with Gasteiger partial charge < -0.3 is 20.7 Å². The summed E-state index contributed by atoms with van der Waals surface area (Å²) in [5, 5.41) is 3.23. The first-order valence-corrected chi connectivity index (χ1v) is 10.6. The molecule has 2 atom stereocenters. The average molecular weight is 410 g/mol. The zero-order valence-electron chi connectivity index (χ0n) is 18.2. The van der Waals surface area contributed by atoms with Gasteiger partial charge in [0.1, 0.15) is 12.0 Å². The molecule has 2 bridgehead atoms. The van der Waals surface area contributed by atoms with Crippen LogP contribution in [0.3, 0.4) is 0 Å². The predicted octanol–water partition coefficient (Wildman–Crippen LogP) is 4.38. The lowest BCUT2D eigenvalue weighted by molar-refractivity contribution is 0.0527. The van der Waals surface area contributed by atoms with E-state index in [0.29, 0.717) is 40.8 Å². The lowest BCUT2D eigenvalue weighted by Gasteiger charge is -2.39. The number of esters is 1. The molecule has 1 aliphatic carbocycles. The van der Waals surface area contributed by atoms with Crippen molar-refractivity contribution >= 4 is 29.0 Å². The number of benzene rings is 1. The van der Waals surface area contributed by atoms with E-state index in [2.05, 4.69) is 41.0 Å². The summed E-state index contributed by atoms with van der Waals surface area (Å²) in [6.07, 6.45) is 5.03. The van der Waals surface area contributed by atoms with Crippen molar-refractivity contribution in [2.75, 3.05) is 29.1 Å². The van der Waals surface area contributed by atoms with Crippen molar-refractivity contribution in [2.24, 2.45) is 10.8 Å². The molecule has 30 heavy (non-hydrogen) atoms. The largest absolute Gasteiger partial charge is 0.462 e. The number of carbonyl (C=O) groups is 1. The number of fused-ring (bicyclic) bond motifs is 2. The number of para-hydroxylation sites is 1. The Hall–Kier alpha value is -2.83. The number of aromatic nitrogens is 2. The first-order valence-electron chi connectivity index (χ1n) is 10.6. The molecule has 1 aromatic heterocycles. The highest BCUT2D eigenvalue weighted by Crippen LogP contribution is 2.54. The Labute approximate surface area is 178 Å². The summed E-state index contributed by atoms with van der Waals surface area (Å²) >= 11 is 0. The van der Waals surface area contributed by atoms with E-state index in [4.69, 9.17) is 10.5 Å². The Morgan fingerprint density at radius 2 is 2.03 bits per heavy atom. The number of anilines is 4. The maximum atomic E-state index is 12.3. The first-order chi connectivity index (χ1) is 14.2. The van der Waals surface area contributed by atoms with Crippen LogP contribution in [0.4, 0.5) is 23.0 Å². The minimum absolute atomic E-state index is 0.272. The van der Waals surface area contributed by atoms with Gasteiger partial charge in [-0.1, -0.05) is 32.9 Å². The third-order valence-electron chi connectivity index (χ3n) is 6.23. The molecule has 1 saturated carbocycles. The summed E-state index contributed by atoms with van der Waals surface area (Å²) in [7, 11) is 0. The van der Waals surface area contributed by atoms with Crippen molar-refractivity contribution in [3.05, 3.63) is 36.2 Å². The van der Waals surface area contributed by atoms with Gasteiger partial charge in [-0.3, -0.25) is 0 Å². The highest BCUT2D eigenvalue weighted by atomic mass is 16.5. The van der Waals surface area contributed by atoms with Crippen LogP contribution in [0.15, 0.2) is 30.6 Å². The number of carbonyl (C=O) groups excluding carboxylic acids is 1. The molecular weight excluding hydrogens is 378 g/mol. The molecule has 160 valence electrons. The molecule has 0 radical (unpaired) electrons. The molecular formula is C23H31N5O2. The fraction of sp³-hybridized carbons (Fsp3) is 0.522. The Bertz CT molecular complexity index is 960. The topological polar surface area (TPSA) is 93.4 Å². The normalized spacial score (nSPS) is 24.5. The molecule has 7 heteroatoms. The third-order valence-corrected chi connectivity index (χ3v) is 6.23. The van der Waals surface area contributed by atoms with Crippen LogP contribution in [0.25, 0.3) is 0 Å². The van der Waals surface area contributed by atoms with Crippen LogP contribution in [-0.4, -0.2) is 35.1 Å². The van der Waals surface area contributed by atoms with Crippen molar-refractivity contribution < 1.29 is 9.53 Å². The predicted molar refractivity (Wildman–Crippen MR) is 119 cm³/mol. The van der Waals surface area contributed by atoms with Crippen molar-refractivity contribution in [1.82, 2.24) is 9.97 Å². The molecule has 4 rings (SSSR count). The van der Waals surface area contributed by atoms with Gasteiger partial charge in [0, 0.05) is 12.6 Å². The molecule has 0 spiro atoms. The molecule has 0 amide bonds. The number of nitrogens with one attached hydrogen (secondary N) is 1. The number of hydrogen-bond acceptors (Lipinski definition) is 7. The maximum Gasteiger partial charge on any atom is 0.340 e. The van der Waals surface area contributed by atoms with E-state index < -0.39 is 0 Å². The Kier molecular flexibility index (Phi) is 5.08. The number of ether oxygens (including phenoxy) is 1. The van der Waals surface area contributed by atoms with Crippen LogP contribution in [0.5, 0.6) is 0 Å². The maximum absolute atomic E-state index is 12.3. The minimum Gasteiger partial charge on any atom is -0.462 e. The van der Waals surface area contributed by atoms with Crippen molar-refractivity contribution in [2.45, 2.75) is 53.0 Å². The second-order valence-electron chi connectivity index (χ2n) is 9.69. The molecule has 1 aromatic carbocycles. The number of nitrogens with two attached hydrogens (primary N) is 1. The molecule has 2 aromatic rings. The Morgan fingerprint density at radius 1 is 1.27 bits per heavy atom. The van der Waals surface area contributed by atoms with E-state index in [-0.39, 0.29) is 11.4 Å². The lowest BCUT2D eigenvalue weighted by atomic mass is 9.65. The molecule has 1 aliphatic heterocycles. The molecule has 1 saturated heterocycles. The first kappa shape index (κ1) is 20.4. The standard InChI is InChI=1S/C23H31N5O2/c1-5-30-21(29)16-8-6-7-9-17(16)27-19-18(24)20(26-14-25-19)28-13-23(4)11-15(28)10-22(2,3)12-23/h6-9,14-15H,5,10-13,24H2,1-4H3,(H,25,26,27). The zero-order valence-corrected chi connectivity index (χ0v) is 18.2. The smallest absolute Gasteiger partial charge is 0.340 e. The summed E-state index contributed by atoms with van der Waals surface area (Å²) in [5.41, 5.74) is 8.69. The fourth-order valence-electron chi connectivity index (χ4n) is 5.53. The van der Waals surface area contributed by atoms with Gasteiger partial charge in [-0.05, 0) is 49.1 Å². The van der Waals surface area contributed by atoms with E-state index in [1.165, 1.54) is 12.7 Å². The second kappa shape index (κ2) is 7.45. The summed E-state index contributed by atoms with van der Waals surface area (Å²) in [5.74, 6) is 0.895. The highest BCUT2D eigenvalue weighted by molar-refractivity contribution is 5.97. The Balaban J connectivity index is 1.64. The minimum atomic E-state index is -0.378. The van der Waals surface area contributed by atoms with E-state index in [0.717, 1.165) is 25.2 Å². The van der Waals surface area contributed by atoms with Crippen LogP contribution in [0.1, 0.15) is 57.3 Å². The molecule has 7 nitrogen and oxygen atoms in total. The lowest BCUT2D eigenvalue weighted by Crippen LogP contribution is -2.35. The third kappa shape index (κ3) is 3.80. The highest BCUT2D eigenvalue weighted by Gasteiger charge is 2.50. The van der Waals surface area contributed by atoms with Crippen LogP contribution in [0, 0.1) is 10.8 Å². The molecule has 3 N–H and O–H groups in total. The van der Waals surface area contributed by atoms with Crippen LogP contribution in [0.2, 0.25) is 0 Å². The average Bonchev–Trinajstić information content (AvgIpc) is 2.92. The SMILES string of the molecule is CCOC(=O)c1ccccc1Nc1ncnc(N2CC3(C)CC2CC(C)(C)C3)c1N. The van der Waals surface area contributed by atoms with E-state index in [9.17, 15) is 4.79 Å². The van der Waals surface area contributed by atoms with Gasteiger partial charge in [0.25, 0.3) is 0 Å². The van der Waals surface area contributed by atoms with Gasteiger partial charge in [-0.25, -0.2) is 14.8 Å². The van der Waals surface area contributed by atoms with Gasteiger partial charge >= 0.3 is 5.97 Å². The summed E-state index contributed by atoms with van der Waals surface area (Å²) < 4.78 is 5.17. The fourth-order valence-corrected chi connectivity index (χ4v) is 5.53. The quantitative estimate of drug-likeness (QED) is 0.708. The van der Waals surface area contributed by atoms with Crippen molar-refractivity contribution in [3.8, 4) is 0 Å². The van der Waals surface area contributed by atoms with Crippen LogP contribution in [-0.2, 0) is 4.74 Å². The summed E-state index contributed by atoms with van der Waals surface area (Å²) in [4.78, 5) is 23.6. The van der Waals surface area contributed by atoms with Crippen LogP contribution >= 0.6 is 0 Å². The Morgan fingerprint density at radius 3 is 2.80 bits per heavy atom. The van der Waals surface area contributed by atoms with Crippen LogP contribution < -0.4 is 16.0 Å². The molecule has 2 unspecified atom stereocenters. The van der Waals surface area contributed by atoms with Crippen molar-refractivity contribution in [3.63, 3.8) is 0 Å². The molecule has 2 heterocycles. The summed E-state index contributed by atoms with van der Waals surface area (Å²) in [6.45, 7) is 10.1. The number of hydrogen-bond donors (Lipinski definition) is 2. The van der Waals surface area contributed by atoms with Gasteiger partial charge in [0.05, 0.1) is 17.9 Å². The number of nitrogens with zero attached hydrogens (tertiary/aromatic N) is 3. The second-order valence-corrected chi connectivity index (χ2v) is 9.69. The van der Waals surface area contributed by atoms with E-state index >= 15 is 0 Å². The van der Waals surface area contributed by atoms with E-state index in [1.807, 2.05) is 12.1 Å². The molecule has 2 fully saturated rings.